The van der Waals surface area contributed by atoms with Gasteiger partial charge in [0.15, 0.2) is 0 Å². The lowest BCUT2D eigenvalue weighted by Gasteiger charge is -2.20. The van der Waals surface area contributed by atoms with E-state index in [1.807, 2.05) is 0 Å². The van der Waals surface area contributed by atoms with Crippen LogP contribution in [0.1, 0.15) is 39.4 Å². The van der Waals surface area contributed by atoms with Crippen LogP contribution in [-0.4, -0.2) is 28.5 Å². The molecule has 0 amide bonds. The number of nitrogens with zero attached hydrogens (tertiary/aromatic N) is 3. The lowest BCUT2D eigenvalue weighted by Crippen LogP contribution is -2.31. The number of hydrogen-bond acceptors (Lipinski definition) is 5. The zero-order valence-electron chi connectivity index (χ0n) is 10.2. The van der Waals surface area contributed by atoms with E-state index in [4.69, 9.17) is 5.73 Å². The fraction of sp³-hybridized carbons (Fsp3) is 0.818. The average Bonchev–Trinajstić information content (AvgIpc) is 2.89. The largest absolute Gasteiger partial charge is 0.343 e. The summed E-state index contributed by atoms with van der Waals surface area (Å²) in [5.41, 5.74) is 5.67. The lowest BCUT2D eigenvalue weighted by molar-refractivity contribution is 0.554. The summed E-state index contributed by atoms with van der Waals surface area (Å²) in [6, 6.07) is 0.657. The first-order valence-corrected chi connectivity index (χ1v) is 6.60. The quantitative estimate of drug-likeness (QED) is 0.871. The normalized spacial score (nSPS) is 16.5. The molecule has 16 heavy (non-hydrogen) atoms. The van der Waals surface area contributed by atoms with E-state index in [9.17, 15) is 0 Å². The molecule has 1 aromatic heterocycles. The molecule has 2 rings (SSSR count). The highest BCUT2D eigenvalue weighted by Gasteiger charge is 2.31. The molecule has 5 heteroatoms. The zero-order chi connectivity index (χ0) is 11.8. The van der Waals surface area contributed by atoms with Crippen molar-refractivity contribution < 1.29 is 0 Å². The van der Waals surface area contributed by atoms with E-state index in [-0.39, 0.29) is 5.41 Å². The molecule has 1 aliphatic carbocycles. The highest BCUT2D eigenvalue weighted by atomic mass is 32.1. The van der Waals surface area contributed by atoms with Crippen LogP contribution in [0.2, 0.25) is 0 Å². The van der Waals surface area contributed by atoms with E-state index in [0.717, 1.165) is 17.5 Å². The first kappa shape index (κ1) is 11.8. The molecule has 1 aromatic rings. The molecule has 90 valence electrons. The van der Waals surface area contributed by atoms with E-state index in [1.165, 1.54) is 24.4 Å². The van der Waals surface area contributed by atoms with Crippen molar-refractivity contribution in [3.8, 4) is 0 Å². The van der Waals surface area contributed by atoms with Crippen LogP contribution in [0.5, 0.6) is 0 Å². The standard InChI is InChI=1S/C11H20N4S/c1-11(2,3)9-13-10(16-14-9)15(7-6-12)8-4-5-8/h8H,4-7,12H2,1-3H3. The van der Waals surface area contributed by atoms with Gasteiger partial charge in [0, 0.05) is 36.1 Å². The second-order valence-corrected chi connectivity index (χ2v) is 6.09. The summed E-state index contributed by atoms with van der Waals surface area (Å²) >= 11 is 1.50. The second-order valence-electron chi connectivity index (χ2n) is 5.36. The maximum absolute atomic E-state index is 5.64. The molecule has 4 nitrogen and oxygen atoms in total. The summed E-state index contributed by atoms with van der Waals surface area (Å²) in [7, 11) is 0. The molecule has 1 saturated carbocycles. The van der Waals surface area contributed by atoms with Crippen molar-refractivity contribution in [2.24, 2.45) is 5.73 Å². The number of anilines is 1. The molecule has 0 aliphatic heterocycles. The van der Waals surface area contributed by atoms with Crippen LogP contribution in [0, 0.1) is 0 Å². The van der Waals surface area contributed by atoms with Gasteiger partial charge in [0.1, 0.15) is 5.82 Å². The highest BCUT2D eigenvalue weighted by molar-refractivity contribution is 7.09. The molecular formula is C11H20N4S. The van der Waals surface area contributed by atoms with Crippen LogP contribution in [0.25, 0.3) is 0 Å². The van der Waals surface area contributed by atoms with Crippen LogP contribution in [0.3, 0.4) is 0 Å². The molecule has 0 atom stereocenters. The van der Waals surface area contributed by atoms with Gasteiger partial charge in [0.2, 0.25) is 5.13 Å². The van der Waals surface area contributed by atoms with E-state index in [1.54, 1.807) is 0 Å². The molecule has 0 bridgehead atoms. The van der Waals surface area contributed by atoms with Crippen molar-refractivity contribution in [3.05, 3.63) is 5.82 Å². The molecular weight excluding hydrogens is 220 g/mol. The SMILES string of the molecule is CC(C)(C)c1nsc(N(CCN)C2CC2)n1. The van der Waals surface area contributed by atoms with Crippen LogP contribution in [-0.2, 0) is 5.41 Å². The van der Waals surface area contributed by atoms with Crippen LogP contribution in [0.4, 0.5) is 5.13 Å². The van der Waals surface area contributed by atoms with E-state index < -0.39 is 0 Å². The third-order valence-electron chi connectivity index (χ3n) is 2.69. The number of hydrogen-bond donors (Lipinski definition) is 1. The van der Waals surface area contributed by atoms with Crippen molar-refractivity contribution in [2.45, 2.75) is 45.1 Å². The van der Waals surface area contributed by atoms with Crippen LogP contribution < -0.4 is 10.6 Å². The van der Waals surface area contributed by atoms with E-state index in [0.29, 0.717) is 12.6 Å². The van der Waals surface area contributed by atoms with Crippen LogP contribution >= 0.6 is 11.5 Å². The van der Waals surface area contributed by atoms with Gasteiger partial charge >= 0.3 is 0 Å². The Hall–Kier alpha value is -0.680. The Bertz CT molecular complexity index is 351. The van der Waals surface area contributed by atoms with E-state index >= 15 is 0 Å². The number of aromatic nitrogens is 2. The van der Waals surface area contributed by atoms with Crippen molar-refractivity contribution >= 4 is 16.7 Å². The minimum absolute atomic E-state index is 0.0344. The van der Waals surface area contributed by atoms with Crippen molar-refractivity contribution in [2.75, 3.05) is 18.0 Å². The van der Waals surface area contributed by atoms with Gasteiger partial charge in [-0.2, -0.15) is 4.37 Å². The maximum atomic E-state index is 5.64. The van der Waals surface area contributed by atoms with Crippen molar-refractivity contribution in [1.82, 2.24) is 9.36 Å². The van der Waals surface area contributed by atoms with Gasteiger partial charge in [-0.25, -0.2) is 4.98 Å². The Kier molecular flexibility index (Phi) is 3.17. The second kappa shape index (κ2) is 4.30. The predicted molar refractivity (Wildman–Crippen MR) is 68.0 cm³/mol. The minimum atomic E-state index is 0.0344. The fourth-order valence-electron chi connectivity index (χ4n) is 1.60. The molecule has 2 N–H and O–H groups in total. The molecule has 1 fully saturated rings. The average molecular weight is 240 g/mol. The van der Waals surface area contributed by atoms with E-state index in [2.05, 4.69) is 35.0 Å². The summed E-state index contributed by atoms with van der Waals surface area (Å²) in [4.78, 5) is 6.95. The van der Waals surface area contributed by atoms with Gasteiger partial charge in [0.25, 0.3) is 0 Å². The Morgan fingerprint density at radius 1 is 1.44 bits per heavy atom. The highest BCUT2D eigenvalue weighted by Crippen LogP contribution is 2.33. The van der Waals surface area contributed by atoms with Crippen LogP contribution in [0.15, 0.2) is 0 Å². The Labute approximate surface area is 101 Å². The number of nitrogens with two attached hydrogens (primary N) is 1. The summed E-state index contributed by atoms with van der Waals surface area (Å²) in [5, 5.41) is 1.04. The van der Waals surface area contributed by atoms with Gasteiger partial charge in [-0.05, 0) is 12.8 Å². The molecule has 0 radical (unpaired) electrons. The third-order valence-corrected chi connectivity index (χ3v) is 3.44. The summed E-state index contributed by atoms with van der Waals surface area (Å²) in [6.07, 6.45) is 2.54. The maximum Gasteiger partial charge on any atom is 0.205 e. The number of rotatable bonds is 4. The smallest absolute Gasteiger partial charge is 0.205 e. The summed E-state index contributed by atoms with van der Waals surface area (Å²) in [5.74, 6) is 0.940. The van der Waals surface area contributed by atoms with Crippen molar-refractivity contribution in [1.29, 1.82) is 0 Å². The first-order valence-electron chi connectivity index (χ1n) is 5.83. The summed E-state index contributed by atoms with van der Waals surface area (Å²) in [6.45, 7) is 8.00. The molecule has 1 aliphatic rings. The molecule has 0 spiro atoms. The Morgan fingerprint density at radius 2 is 2.12 bits per heavy atom. The lowest BCUT2D eigenvalue weighted by atomic mass is 9.96. The molecule has 1 heterocycles. The monoisotopic (exact) mass is 240 g/mol. The van der Waals surface area contributed by atoms with Gasteiger partial charge in [-0.1, -0.05) is 20.8 Å². The third kappa shape index (κ3) is 2.52. The minimum Gasteiger partial charge on any atom is -0.343 e. The van der Waals surface area contributed by atoms with Gasteiger partial charge < -0.3 is 10.6 Å². The molecule has 0 saturated heterocycles. The first-order chi connectivity index (χ1) is 7.52. The Balaban J connectivity index is 2.15. The Morgan fingerprint density at radius 3 is 2.56 bits per heavy atom. The topological polar surface area (TPSA) is 55.0 Å². The predicted octanol–water partition coefficient (Wildman–Crippen LogP) is 1.76. The summed E-state index contributed by atoms with van der Waals surface area (Å²) < 4.78 is 4.45. The van der Waals surface area contributed by atoms with Gasteiger partial charge in [-0.15, -0.1) is 0 Å². The molecule has 0 aromatic carbocycles. The van der Waals surface area contributed by atoms with Gasteiger partial charge in [0.05, 0.1) is 0 Å². The fourth-order valence-corrected chi connectivity index (χ4v) is 2.55. The van der Waals surface area contributed by atoms with Gasteiger partial charge in [-0.3, -0.25) is 0 Å². The zero-order valence-corrected chi connectivity index (χ0v) is 11.0. The van der Waals surface area contributed by atoms with Crippen molar-refractivity contribution in [3.63, 3.8) is 0 Å². The molecule has 0 unspecified atom stereocenters.